The van der Waals surface area contributed by atoms with Gasteiger partial charge in [-0.15, -0.1) is 11.3 Å². The van der Waals surface area contributed by atoms with E-state index in [-0.39, 0.29) is 5.56 Å². The molecule has 0 spiro atoms. The largest absolute Gasteiger partial charge is 0.449 e. The minimum Gasteiger partial charge on any atom is -0.449 e. The van der Waals surface area contributed by atoms with Crippen LogP contribution in [-0.2, 0) is 22.4 Å². The molecule has 2 unspecified atom stereocenters. The molecule has 0 saturated carbocycles. The Morgan fingerprint density at radius 3 is 2.77 bits per heavy atom. The lowest BCUT2D eigenvalue weighted by Gasteiger charge is -2.22. The fourth-order valence-electron chi connectivity index (χ4n) is 3.78. The fourth-order valence-corrected chi connectivity index (χ4v) is 5.06. The minimum absolute atomic E-state index is 0.276. The first kappa shape index (κ1) is 20.8. The molecule has 4 rings (SSSR count). The zero-order valence-corrected chi connectivity index (χ0v) is 17.8. The van der Waals surface area contributed by atoms with Crippen molar-refractivity contribution in [1.29, 1.82) is 5.26 Å². The van der Waals surface area contributed by atoms with Gasteiger partial charge in [-0.1, -0.05) is 30.3 Å². The third-order valence-corrected chi connectivity index (χ3v) is 6.60. The molecule has 2 heterocycles. The van der Waals surface area contributed by atoms with Crippen LogP contribution in [0.2, 0.25) is 0 Å². The maximum atomic E-state index is 12.6. The Balaban J connectivity index is 1.47. The monoisotopic (exact) mass is 431 g/mol. The lowest BCUT2D eigenvalue weighted by atomic mass is 9.83. The van der Waals surface area contributed by atoms with Gasteiger partial charge in [0.2, 0.25) is 0 Å². The van der Waals surface area contributed by atoms with Gasteiger partial charge < -0.3 is 10.1 Å². The molecule has 1 aliphatic carbocycles. The summed E-state index contributed by atoms with van der Waals surface area (Å²) in [7, 11) is 0. The highest BCUT2D eigenvalue weighted by atomic mass is 32.1. The maximum absolute atomic E-state index is 12.6. The second kappa shape index (κ2) is 9.11. The fraction of sp³-hybridized carbons (Fsp3) is 0.250. The molecule has 2 aromatic heterocycles. The standard InChI is InChI=1S/C24H21N3O3S/c1-15(30-24(29)18-8-5-11-26-14-18)22(28)27-23-20(13-25)19-10-9-17(12-21(19)31-23)16-6-3-2-4-7-16/h2-8,11,14-15,17H,9-10,12H2,1H3,(H,27,28). The lowest BCUT2D eigenvalue weighted by Crippen LogP contribution is -2.30. The van der Waals surface area contributed by atoms with Crippen LogP contribution in [0.5, 0.6) is 0 Å². The molecular formula is C24H21N3O3S. The Kier molecular flexibility index (Phi) is 6.10. The van der Waals surface area contributed by atoms with E-state index < -0.39 is 18.0 Å². The van der Waals surface area contributed by atoms with Crippen molar-refractivity contribution in [2.75, 3.05) is 5.32 Å². The number of benzene rings is 1. The molecular weight excluding hydrogens is 410 g/mol. The molecule has 0 aliphatic heterocycles. The molecule has 0 saturated heterocycles. The van der Waals surface area contributed by atoms with E-state index in [2.05, 4.69) is 28.5 Å². The van der Waals surface area contributed by atoms with Gasteiger partial charge in [0, 0.05) is 17.3 Å². The van der Waals surface area contributed by atoms with Crippen molar-refractivity contribution < 1.29 is 14.3 Å². The van der Waals surface area contributed by atoms with Crippen molar-refractivity contribution >= 4 is 28.2 Å². The van der Waals surface area contributed by atoms with Gasteiger partial charge in [0.15, 0.2) is 6.10 Å². The highest BCUT2D eigenvalue weighted by Crippen LogP contribution is 2.42. The molecule has 3 aromatic rings. The first-order chi connectivity index (χ1) is 15.1. The smallest absolute Gasteiger partial charge is 0.340 e. The van der Waals surface area contributed by atoms with Gasteiger partial charge >= 0.3 is 5.97 Å². The Bertz CT molecular complexity index is 1140. The van der Waals surface area contributed by atoms with Gasteiger partial charge in [-0.2, -0.15) is 5.26 Å². The van der Waals surface area contributed by atoms with E-state index in [0.717, 1.165) is 29.7 Å². The number of carbonyl (C=O) groups excluding carboxylic acids is 2. The number of aromatic nitrogens is 1. The summed E-state index contributed by atoms with van der Waals surface area (Å²) in [5.74, 6) is -0.679. The van der Waals surface area contributed by atoms with Crippen LogP contribution in [0.1, 0.15) is 51.2 Å². The van der Waals surface area contributed by atoms with Gasteiger partial charge in [-0.05, 0) is 55.4 Å². The molecule has 31 heavy (non-hydrogen) atoms. The van der Waals surface area contributed by atoms with Crippen LogP contribution in [0, 0.1) is 11.3 Å². The number of ether oxygens (including phenoxy) is 1. The summed E-state index contributed by atoms with van der Waals surface area (Å²) in [6.07, 6.45) is 4.55. The number of pyridine rings is 1. The summed E-state index contributed by atoms with van der Waals surface area (Å²) >= 11 is 1.44. The highest BCUT2D eigenvalue weighted by molar-refractivity contribution is 7.16. The third kappa shape index (κ3) is 4.49. The molecule has 1 N–H and O–H groups in total. The average Bonchev–Trinajstić information content (AvgIpc) is 3.16. The first-order valence-corrected chi connectivity index (χ1v) is 10.9. The van der Waals surface area contributed by atoms with Crippen molar-refractivity contribution in [3.05, 3.63) is 82.0 Å². The molecule has 0 fully saturated rings. The molecule has 2 atom stereocenters. The summed E-state index contributed by atoms with van der Waals surface area (Å²) < 4.78 is 5.25. The van der Waals surface area contributed by atoms with Gasteiger partial charge in [0.25, 0.3) is 5.91 Å². The van der Waals surface area contributed by atoms with E-state index in [4.69, 9.17) is 4.74 Å². The van der Waals surface area contributed by atoms with Crippen LogP contribution in [0.15, 0.2) is 54.9 Å². The number of carbonyl (C=O) groups is 2. The number of anilines is 1. The zero-order valence-electron chi connectivity index (χ0n) is 17.0. The molecule has 7 heteroatoms. The Labute approximate surface area is 184 Å². The average molecular weight is 432 g/mol. The van der Waals surface area contributed by atoms with Crippen molar-refractivity contribution in [2.45, 2.75) is 38.2 Å². The Hall–Kier alpha value is -3.50. The first-order valence-electron chi connectivity index (χ1n) is 10.1. The van der Waals surface area contributed by atoms with E-state index in [1.165, 1.54) is 30.0 Å². The van der Waals surface area contributed by atoms with Gasteiger partial charge in [-0.25, -0.2) is 4.79 Å². The number of fused-ring (bicyclic) bond motifs is 1. The number of nitrogens with one attached hydrogen (secondary N) is 1. The summed E-state index contributed by atoms with van der Waals surface area (Å²) in [5.41, 5.74) is 3.11. The van der Waals surface area contributed by atoms with Crippen molar-refractivity contribution in [2.24, 2.45) is 0 Å². The Morgan fingerprint density at radius 2 is 2.06 bits per heavy atom. The van der Waals surface area contributed by atoms with Crippen molar-refractivity contribution in [1.82, 2.24) is 4.98 Å². The van der Waals surface area contributed by atoms with Gasteiger partial charge in [-0.3, -0.25) is 9.78 Å². The lowest BCUT2D eigenvalue weighted by molar-refractivity contribution is -0.123. The van der Waals surface area contributed by atoms with Crippen LogP contribution < -0.4 is 5.32 Å². The quantitative estimate of drug-likeness (QED) is 0.602. The van der Waals surface area contributed by atoms with E-state index in [9.17, 15) is 14.9 Å². The summed E-state index contributed by atoms with van der Waals surface area (Å²) in [5, 5.41) is 13.0. The topological polar surface area (TPSA) is 92.1 Å². The van der Waals surface area contributed by atoms with Gasteiger partial charge in [0.05, 0.1) is 11.1 Å². The number of hydrogen-bond acceptors (Lipinski definition) is 6. The van der Waals surface area contributed by atoms with E-state index in [1.807, 2.05) is 18.2 Å². The number of nitriles is 1. The number of hydrogen-bond donors (Lipinski definition) is 1. The minimum atomic E-state index is -1.00. The zero-order chi connectivity index (χ0) is 21.8. The maximum Gasteiger partial charge on any atom is 0.340 e. The molecule has 6 nitrogen and oxygen atoms in total. The van der Waals surface area contributed by atoms with E-state index in [0.29, 0.717) is 16.5 Å². The van der Waals surface area contributed by atoms with Crippen LogP contribution in [0.25, 0.3) is 0 Å². The molecule has 1 amide bonds. The van der Waals surface area contributed by atoms with E-state index in [1.54, 1.807) is 18.3 Å². The Morgan fingerprint density at radius 1 is 1.26 bits per heavy atom. The predicted octanol–water partition coefficient (Wildman–Crippen LogP) is 4.47. The van der Waals surface area contributed by atoms with Crippen LogP contribution in [-0.4, -0.2) is 23.0 Å². The number of esters is 1. The SMILES string of the molecule is CC(OC(=O)c1cccnc1)C(=O)Nc1sc2c(c1C#N)CCC(c1ccccc1)C2. The second-order valence-electron chi connectivity index (χ2n) is 7.45. The molecule has 0 bridgehead atoms. The summed E-state index contributed by atoms with van der Waals surface area (Å²) in [4.78, 5) is 29.8. The number of thiophene rings is 1. The predicted molar refractivity (Wildman–Crippen MR) is 118 cm³/mol. The second-order valence-corrected chi connectivity index (χ2v) is 8.55. The van der Waals surface area contributed by atoms with E-state index >= 15 is 0 Å². The molecule has 1 aromatic carbocycles. The van der Waals surface area contributed by atoms with Crippen LogP contribution in [0.3, 0.4) is 0 Å². The van der Waals surface area contributed by atoms with Gasteiger partial charge in [0.1, 0.15) is 11.1 Å². The van der Waals surface area contributed by atoms with Crippen molar-refractivity contribution in [3.8, 4) is 6.07 Å². The molecule has 156 valence electrons. The van der Waals surface area contributed by atoms with Crippen LogP contribution >= 0.6 is 11.3 Å². The van der Waals surface area contributed by atoms with Crippen LogP contribution in [0.4, 0.5) is 5.00 Å². The third-order valence-electron chi connectivity index (χ3n) is 5.44. The normalized spacial score (nSPS) is 15.9. The summed E-state index contributed by atoms with van der Waals surface area (Å²) in [6.45, 7) is 1.51. The molecule has 0 radical (unpaired) electrons. The number of rotatable bonds is 5. The number of nitrogens with zero attached hydrogens (tertiary/aromatic N) is 2. The van der Waals surface area contributed by atoms with Crippen molar-refractivity contribution in [3.63, 3.8) is 0 Å². The molecule has 1 aliphatic rings. The highest BCUT2D eigenvalue weighted by Gasteiger charge is 2.28. The number of amides is 1. The summed E-state index contributed by atoms with van der Waals surface area (Å²) in [6, 6.07) is 15.8.